The number of aromatic nitrogens is 1. The Morgan fingerprint density at radius 3 is 2.59 bits per heavy atom. The number of hydrogen-bond acceptors (Lipinski definition) is 6. The summed E-state index contributed by atoms with van der Waals surface area (Å²) in [6.45, 7) is 3.99. The summed E-state index contributed by atoms with van der Waals surface area (Å²) in [6, 6.07) is 19.3. The number of thiazole rings is 1. The minimum absolute atomic E-state index is 0.0979. The van der Waals surface area contributed by atoms with Crippen molar-refractivity contribution in [1.82, 2.24) is 4.98 Å². The van der Waals surface area contributed by atoms with Gasteiger partial charge >= 0.3 is 0 Å². The van der Waals surface area contributed by atoms with Crippen molar-refractivity contribution in [2.75, 3.05) is 15.8 Å². The average molecular weight is 484 g/mol. The number of nitrogens with one attached hydrogen (secondary N) is 2. The van der Waals surface area contributed by atoms with Crippen molar-refractivity contribution in [3.8, 4) is 0 Å². The number of carbonyl (C=O) groups is 1. The molecule has 0 saturated carbocycles. The smallest absolute Gasteiger partial charge is 0.261 e. The summed E-state index contributed by atoms with van der Waals surface area (Å²) in [4.78, 5) is 17.1. The average Bonchev–Trinajstić information content (AvgIpc) is 3.18. The van der Waals surface area contributed by atoms with Gasteiger partial charge in [-0.3, -0.25) is 9.52 Å². The number of amides is 1. The largest absolute Gasteiger partial charge is 0.325 e. The molecule has 1 heterocycles. The van der Waals surface area contributed by atoms with Crippen LogP contribution in [0.3, 0.4) is 0 Å². The lowest BCUT2D eigenvalue weighted by atomic mass is 10.1. The first-order chi connectivity index (χ1) is 15.3. The number of rotatable bonds is 7. The number of anilines is 2. The van der Waals surface area contributed by atoms with Gasteiger partial charge in [-0.15, -0.1) is 11.3 Å². The van der Waals surface area contributed by atoms with E-state index in [-0.39, 0.29) is 16.6 Å². The summed E-state index contributed by atoms with van der Waals surface area (Å²) in [6.07, 6.45) is 0. The van der Waals surface area contributed by atoms with Crippen LogP contribution < -0.4 is 10.0 Å². The van der Waals surface area contributed by atoms with Gasteiger partial charge in [-0.1, -0.05) is 42.1 Å². The van der Waals surface area contributed by atoms with Crippen LogP contribution in [-0.4, -0.2) is 25.1 Å². The fourth-order valence-corrected chi connectivity index (χ4v) is 6.02. The first kappa shape index (κ1) is 22.3. The Labute approximate surface area is 195 Å². The zero-order valence-electron chi connectivity index (χ0n) is 17.5. The number of fused-ring (bicyclic) bond motifs is 1. The zero-order chi connectivity index (χ0) is 22.7. The van der Waals surface area contributed by atoms with Gasteiger partial charge in [-0.05, 0) is 61.4 Å². The van der Waals surface area contributed by atoms with Crippen molar-refractivity contribution < 1.29 is 13.2 Å². The Kier molecular flexibility index (Phi) is 6.50. The molecule has 0 saturated heterocycles. The molecule has 164 valence electrons. The lowest BCUT2D eigenvalue weighted by molar-refractivity contribution is -0.113. The SMILES string of the molecule is Cc1cccc(NC(=O)CSc2nc3ccc(NS(=O)(=O)c4ccccc4)cc3s2)c1C. The number of benzene rings is 3. The lowest BCUT2D eigenvalue weighted by Gasteiger charge is -2.09. The fourth-order valence-electron chi connectivity index (χ4n) is 3.04. The molecule has 0 unspecified atom stereocenters. The zero-order valence-corrected chi connectivity index (χ0v) is 19.9. The van der Waals surface area contributed by atoms with E-state index in [0.29, 0.717) is 5.69 Å². The normalized spacial score (nSPS) is 11.4. The molecule has 4 rings (SSSR count). The van der Waals surface area contributed by atoms with E-state index in [9.17, 15) is 13.2 Å². The molecular formula is C23H21N3O3S3. The predicted molar refractivity (Wildman–Crippen MR) is 132 cm³/mol. The summed E-state index contributed by atoms with van der Waals surface area (Å²) < 4.78 is 29.3. The molecule has 4 aromatic rings. The van der Waals surface area contributed by atoms with Crippen molar-refractivity contribution >= 4 is 60.6 Å². The van der Waals surface area contributed by atoms with Crippen LogP contribution in [-0.2, 0) is 14.8 Å². The maximum absolute atomic E-state index is 12.5. The van der Waals surface area contributed by atoms with E-state index >= 15 is 0 Å². The molecule has 0 aliphatic carbocycles. The molecule has 0 spiro atoms. The first-order valence-corrected chi connectivity index (χ1v) is 13.1. The van der Waals surface area contributed by atoms with Gasteiger partial charge in [0.05, 0.1) is 26.6 Å². The van der Waals surface area contributed by atoms with Gasteiger partial charge in [0.15, 0.2) is 4.34 Å². The van der Waals surface area contributed by atoms with Gasteiger partial charge < -0.3 is 5.32 Å². The molecule has 32 heavy (non-hydrogen) atoms. The quantitative estimate of drug-likeness (QED) is 0.342. The highest BCUT2D eigenvalue weighted by Gasteiger charge is 2.15. The van der Waals surface area contributed by atoms with E-state index in [0.717, 1.165) is 31.4 Å². The van der Waals surface area contributed by atoms with Crippen molar-refractivity contribution in [3.05, 3.63) is 77.9 Å². The maximum Gasteiger partial charge on any atom is 0.261 e. The van der Waals surface area contributed by atoms with Gasteiger partial charge in [0.2, 0.25) is 5.91 Å². The third-order valence-corrected chi connectivity index (χ3v) is 8.44. The summed E-state index contributed by atoms with van der Waals surface area (Å²) in [5, 5.41) is 2.95. The molecule has 0 bridgehead atoms. The highest BCUT2D eigenvalue weighted by atomic mass is 32.2. The molecular weight excluding hydrogens is 462 g/mol. The van der Waals surface area contributed by atoms with Crippen LogP contribution in [0.25, 0.3) is 10.2 Å². The van der Waals surface area contributed by atoms with Crippen LogP contribution in [0.1, 0.15) is 11.1 Å². The van der Waals surface area contributed by atoms with E-state index in [1.54, 1.807) is 48.5 Å². The summed E-state index contributed by atoms with van der Waals surface area (Å²) in [7, 11) is -3.66. The van der Waals surface area contributed by atoms with Crippen LogP contribution in [0.2, 0.25) is 0 Å². The van der Waals surface area contributed by atoms with Crippen molar-refractivity contribution in [2.45, 2.75) is 23.1 Å². The second-order valence-electron chi connectivity index (χ2n) is 7.17. The minimum Gasteiger partial charge on any atom is -0.325 e. The topological polar surface area (TPSA) is 88.2 Å². The molecule has 0 radical (unpaired) electrons. The second-order valence-corrected chi connectivity index (χ2v) is 11.1. The van der Waals surface area contributed by atoms with Crippen LogP contribution in [0.4, 0.5) is 11.4 Å². The molecule has 3 aromatic carbocycles. The van der Waals surface area contributed by atoms with E-state index in [1.807, 2.05) is 32.0 Å². The number of sulfonamides is 1. The third-order valence-electron chi connectivity index (χ3n) is 4.88. The van der Waals surface area contributed by atoms with Crippen molar-refractivity contribution in [3.63, 3.8) is 0 Å². The van der Waals surface area contributed by atoms with E-state index in [4.69, 9.17) is 0 Å². The molecule has 9 heteroatoms. The highest BCUT2D eigenvalue weighted by molar-refractivity contribution is 8.01. The number of thioether (sulfide) groups is 1. The molecule has 6 nitrogen and oxygen atoms in total. The Bertz CT molecular complexity index is 1380. The molecule has 2 N–H and O–H groups in total. The molecule has 1 amide bonds. The van der Waals surface area contributed by atoms with Gasteiger partial charge in [0.25, 0.3) is 10.0 Å². The summed E-state index contributed by atoms with van der Waals surface area (Å²) in [5.74, 6) is 0.139. The Morgan fingerprint density at radius 1 is 1.03 bits per heavy atom. The monoisotopic (exact) mass is 483 g/mol. The first-order valence-electron chi connectivity index (χ1n) is 9.79. The number of hydrogen-bond donors (Lipinski definition) is 2. The van der Waals surface area contributed by atoms with Crippen molar-refractivity contribution in [2.24, 2.45) is 0 Å². The van der Waals surface area contributed by atoms with Gasteiger partial charge in [0.1, 0.15) is 0 Å². The Morgan fingerprint density at radius 2 is 1.81 bits per heavy atom. The van der Waals surface area contributed by atoms with Gasteiger partial charge in [-0.25, -0.2) is 13.4 Å². The van der Waals surface area contributed by atoms with Crippen LogP contribution in [0.15, 0.2) is 76.0 Å². The Hall–Kier alpha value is -2.88. The van der Waals surface area contributed by atoms with E-state index in [2.05, 4.69) is 15.0 Å². The standard InChI is InChI=1S/C23H21N3O3S3/c1-15-7-6-10-19(16(15)2)24-22(27)14-30-23-25-20-12-11-17(13-21(20)31-23)26-32(28,29)18-8-4-3-5-9-18/h3-13,26H,14H2,1-2H3,(H,24,27). The molecule has 1 aromatic heterocycles. The highest BCUT2D eigenvalue weighted by Crippen LogP contribution is 2.32. The third kappa shape index (κ3) is 5.12. The summed E-state index contributed by atoms with van der Waals surface area (Å²) in [5.41, 5.74) is 4.22. The van der Waals surface area contributed by atoms with Gasteiger partial charge in [0, 0.05) is 5.69 Å². The van der Waals surface area contributed by atoms with Gasteiger partial charge in [-0.2, -0.15) is 0 Å². The number of aryl methyl sites for hydroxylation is 1. The number of carbonyl (C=O) groups excluding carboxylic acids is 1. The summed E-state index contributed by atoms with van der Waals surface area (Å²) >= 11 is 2.78. The molecule has 0 fully saturated rings. The van der Waals surface area contributed by atoms with Crippen LogP contribution in [0, 0.1) is 13.8 Å². The van der Waals surface area contributed by atoms with E-state index < -0.39 is 10.0 Å². The second kappa shape index (κ2) is 9.32. The maximum atomic E-state index is 12.5. The lowest BCUT2D eigenvalue weighted by Crippen LogP contribution is -2.15. The predicted octanol–water partition coefficient (Wildman–Crippen LogP) is 5.44. The molecule has 0 atom stereocenters. The minimum atomic E-state index is -3.66. The van der Waals surface area contributed by atoms with Crippen LogP contribution in [0.5, 0.6) is 0 Å². The molecule has 0 aliphatic rings. The van der Waals surface area contributed by atoms with Crippen molar-refractivity contribution in [1.29, 1.82) is 0 Å². The van der Waals surface area contributed by atoms with E-state index in [1.165, 1.54) is 23.1 Å². The van der Waals surface area contributed by atoms with Crippen LogP contribution >= 0.6 is 23.1 Å². The molecule has 0 aliphatic heterocycles. The number of nitrogens with zero attached hydrogens (tertiary/aromatic N) is 1. The Balaban J connectivity index is 1.43. The fraction of sp³-hybridized carbons (Fsp3) is 0.130.